The fourth-order valence-electron chi connectivity index (χ4n) is 2.02. The van der Waals surface area contributed by atoms with Gasteiger partial charge in [0.1, 0.15) is 23.3 Å². The molecule has 0 radical (unpaired) electrons. The van der Waals surface area contributed by atoms with Crippen LogP contribution >= 0.6 is 0 Å². The summed E-state index contributed by atoms with van der Waals surface area (Å²) in [5.41, 5.74) is 1.14. The molecule has 1 aliphatic heterocycles. The standard InChI is InChI=1S/C10H9FN2O/c11-6-2-1-3-7-9(6)13-5-4-8(14)10(13)12-7/h1-3,8,14H,4-5H2. The zero-order valence-electron chi connectivity index (χ0n) is 7.44. The van der Waals surface area contributed by atoms with Crippen LogP contribution < -0.4 is 0 Å². The molecule has 1 N–H and O–H groups in total. The highest BCUT2D eigenvalue weighted by Crippen LogP contribution is 2.30. The molecule has 1 aliphatic rings. The van der Waals surface area contributed by atoms with Gasteiger partial charge in [-0.1, -0.05) is 6.07 Å². The molecule has 3 rings (SSSR count). The monoisotopic (exact) mass is 192 g/mol. The first-order valence-corrected chi connectivity index (χ1v) is 4.60. The third-order valence-electron chi connectivity index (χ3n) is 2.67. The number of aromatic nitrogens is 2. The Balaban J connectivity index is 2.41. The van der Waals surface area contributed by atoms with E-state index in [1.807, 2.05) is 0 Å². The Hall–Kier alpha value is -1.42. The van der Waals surface area contributed by atoms with Crippen LogP contribution in [-0.4, -0.2) is 14.7 Å². The number of benzene rings is 1. The minimum atomic E-state index is -0.540. The quantitative estimate of drug-likeness (QED) is 0.688. The third kappa shape index (κ3) is 0.861. The van der Waals surface area contributed by atoms with Gasteiger partial charge in [-0.15, -0.1) is 0 Å². The van der Waals surface area contributed by atoms with E-state index in [0.29, 0.717) is 29.8 Å². The number of hydrogen-bond donors (Lipinski definition) is 1. The van der Waals surface area contributed by atoms with Crippen molar-refractivity contribution in [3.05, 3.63) is 29.8 Å². The molecule has 72 valence electrons. The van der Waals surface area contributed by atoms with E-state index in [1.54, 1.807) is 16.7 Å². The van der Waals surface area contributed by atoms with Gasteiger partial charge < -0.3 is 9.67 Å². The van der Waals surface area contributed by atoms with Crippen LogP contribution in [0, 0.1) is 5.82 Å². The summed E-state index contributed by atoms with van der Waals surface area (Å²) >= 11 is 0. The molecule has 3 nitrogen and oxygen atoms in total. The maximum absolute atomic E-state index is 13.5. The molecule has 1 unspecified atom stereocenters. The Morgan fingerprint density at radius 1 is 1.50 bits per heavy atom. The number of imidazole rings is 1. The smallest absolute Gasteiger partial charge is 0.149 e. The Kier molecular flexibility index (Phi) is 1.44. The molecular weight excluding hydrogens is 183 g/mol. The van der Waals surface area contributed by atoms with Crippen molar-refractivity contribution < 1.29 is 9.50 Å². The molecule has 0 spiro atoms. The van der Waals surface area contributed by atoms with Crippen LogP contribution in [0.15, 0.2) is 18.2 Å². The van der Waals surface area contributed by atoms with Crippen molar-refractivity contribution in [2.24, 2.45) is 0 Å². The van der Waals surface area contributed by atoms with Crippen LogP contribution in [-0.2, 0) is 6.54 Å². The normalized spacial score (nSPS) is 20.3. The summed E-state index contributed by atoms with van der Waals surface area (Å²) in [6, 6.07) is 4.81. The minimum absolute atomic E-state index is 0.268. The fraction of sp³-hybridized carbons (Fsp3) is 0.300. The molecule has 0 saturated heterocycles. The second-order valence-corrected chi connectivity index (χ2v) is 3.53. The van der Waals surface area contributed by atoms with Crippen molar-refractivity contribution in [2.75, 3.05) is 0 Å². The Labute approximate surface area is 79.8 Å². The molecule has 0 amide bonds. The van der Waals surface area contributed by atoms with Crippen molar-refractivity contribution >= 4 is 11.0 Å². The number of aliphatic hydroxyl groups excluding tert-OH is 1. The van der Waals surface area contributed by atoms with Gasteiger partial charge in [0, 0.05) is 6.54 Å². The average Bonchev–Trinajstić information content (AvgIpc) is 2.68. The van der Waals surface area contributed by atoms with E-state index in [9.17, 15) is 9.50 Å². The second kappa shape index (κ2) is 2.54. The van der Waals surface area contributed by atoms with E-state index in [4.69, 9.17) is 0 Å². The van der Waals surface area contributed by atoms with Gasteiger partial charge in [0.25, 0.3) is 0 Å². The summed E-state index contributed by atoms with van der Waals surface area (Å²) in [4.78, 5) is 4.21. The number of para-hydroxylation sites is 1. The lowest BCUT2D eigenvalue weighted by Gasteiger charge is -1.98. The van der Waals surface area contributed by atoms with E-state index in [2.05, 4.69) is 4.98 Å². The Morgan fingerprint density at radius 2 is 2.36 bits per heavy atom. The molecule has 14 heavy (non-hydrogen) atoms. The maximum atomic E-state index is 13.5. The van der Waals surface area contributed by atoms with Gasteiger partial charge in [-0.05, 0) is 18.6 Å². The Morgan fingerprint density at radius 3 is 3.21 bits per heavy atom. The summed E-state index contributed by atoms with van der Waals surface area (Å²) < 4.78 is 15.2. The molecule has 1 aromatic heterocycles. The summed E-state index contributed by atoms with van der Waals surface area (Å²) in [5, 5.41) is 9.57. The van der Waals surface area contributed by atoms with Gasteiger partial charge in [0.2, 0.25) is 0 Å². The number of aryl methyl sites for hydroxylation is 1. The highest BCUT2D eigenvalue weighted by atomic mass is 19.1. The summed E-state index contributed by atoms with van der Waals surface area (Å²) in [7, 11) is 0. The van der Waals surface area contributed by atoms with Crippen molar-refractivity contribution in [1.29, 1.82) is 0 Å². The molecule has 1 aromatic carbocycles. The number of aliphatic hydroxyl groups is 1. The highest BCUT2D eigenvalue weighted by Gasteiger charge is 2.25. The minimum Gasteiger partial charge on any atom is -0.385 e. The van der Waals surface area contributed by atoms with E-state index in [1.165, 1.54) is 6.07 Å². The fourth-order valence-corrected chi connectivity index (χ4v) is 2.02. The van der Waals surface area contributed by atoms with Gasteiger partial charge in [-0.3, -0.25) is 0 Å². The van der Waals surface area contributed by atoms with Gasteiger partial charge >= 0.3 is 0 Å². The topological polar surface area (TPSA) is 38.0 Å². The van der Waals surface area contributed by atoms with Crippen LogP contribution in [0.1, 0.15) is 18.3 Å². The van der Waals surface area contributed by atoms with Crippen molar-refractivity contribution in [2.45, 2.75) is 19.1 Å². The zero-order chi connectivity index (χ0) is 9.71. The van der Waals surface area contributed by atoms with Crippen molar-refractivity contribution in [3.63, 3.8) is 0 Å². The molecule has 1 atom stereocenters. The number of fused-ring (bicyclic) bond motifs is 3. The lowest BCUT2D eigenvalue weighted by Crippen LogP contribution is -1.94. The van der Waals surface area contributed by atoms with E-state index < -0.39 is 6.10 Å². The van der Waals surface area contributed by atoms with Gasteiger partial charge in [-0.25, -0.2) is 9.37 Å². The van der Waals surface area contributed by atoms with E-state index in [-0.39, 0.29) is 5.82 Å². The van der Waals surface area contributed by atoms with Crippen LogP contribution in [0.2, 0.25) is 0 Å². The highest BCUT2D eigenvalue weighted by molar-refractivity contribution is 5.77. The van der Waals surface area contributed by atoms with Crippen LogP contribution in [0.4, 0.5) is 4.39 Å². The maximum Gasteiger partial charge on any atom is 0.149 e. The van der Waals surface area contributed by atoms with Crippen LogP contribution in [0.5, 0.6) is 0 Å². The molecule has 2 heterocycles. The van der Waals surface area contributed by atoms with Crippen molar-refractivity contribution in [3.8, 4) is 0 Å². The molecular formula is C10H9FN2O. The van der Waals surface area contributed by atoms with E-state index in [0.717, 1.165) is 0 Å². The van der Waals surface area contributed by atoms with E-state index >= 15 is 0 Å². The number of hydrogen-bond acceptors (Lipinski definition) is 2. The predicted molar refractivity (Wildman–Crippen MR) is 49.3 cm³/mol. The molecule has 4 heteroatoms. The molecule has 0 saturated carbocycles. The number of halogens is 1. The SMILES string of the molecule is OC1CCn2c1nc1cccc(F)c12. The molecule has 0 bridgehead atoms. The molecule has 0 aliphatic carbocycles. The molecule has 2 aromatic rings. The van der Waals surface area contributed by atoms with Crippen molar-refractivity contribution in [1.82, 2.24) is 9.55 Å². The van der Waals surface area contributed by atoms with Crippen LogP contribution in [0.25, 0.3) is 11.0 Å². The van der Waals surface area contributed by atoms with Gasteiger partial charge in [0.15, 0.2) is 0 Å². The second-order valence-electron chi connectivity index (χ2n) is 3.53. The molecule has 0 fully saturated rings. The van der Waals surface area contributed by atoms with Crippen LogP contribution in [0.3, 0.4) is 0 Å². The van der Waals surface area contributed by atoms with Gasteiger partial charge in [-0.2, -0.15) is 0 Å². The zero-order valence-corrected chi connectivity index (χ0v) is 7.44. The summed E-state index contributed by atoms with van der Waals surface area (Å²) in [5.74, 6) is 0.320. The lowest BCUT2D eigenvalue weighted by atomic mass is 10.3. The first kappa shape index (κ1) is 7.94. The third-order valence-corrected chi connectivity index (χ3v) is 2.67. The predicted octanol–water partition coefficient (Wildman–Crippen LogP) is 1.61. The largest absolute Gasteiger partial charge is 0.385 e. The Bertz CT molecular complexity index is 506. The van der Waals surface area contributed by atoms with Gasteiger partial charge in [0.05, 0.1) is 5.52 Å². The number of rotatable bonds is 0. The summed E-state index contributed by atoms with van der Waals surface area (Å²) in [6.07, 6.45) is 0.0916. The lowest BCUT2D eigenvalue weighted by molar-refractivity contribution is 0.176. The number of nitrogens with zero attached hydrogens (tertiary/aromatic N) is 2. The first-order valence-electron chi connectivity index (χ1n) is 4.60. The average molecular weight is 192 g/mol. The first-order chi connectivity index (χ1) is 6.77. The summed E-state index contributed by atoms with van der Waals surface area (Å²) in [6.45, 7) is 0.647.